The molecule has 0 amide bonds. The second kappa shape index (κ2) is 8.64. The van der Waals surface area contributed by atoms with Crippen molar-refractivity contribution in [3.8, 4) is 0 Å². The molecule has 0 aliphatic heterocycles. The highest BCUT2D eigenvalue weighted by atomic mass is 32.2. The standard InChI is InChI=1S/C18H21NO5S/c1-3-23-12-13-24-18(20)15-6-8-16(9-7-15)19-25(21,22)17-10-4-14(2)5-11-17/h4-11,19H,3,12-13H2,1-2H3. The molecular weight excluding hydrogens is 342 g/mol. The van der Waals surface area contributed by atoms with Crippen LogP contribution in [0.25, 0.3) is 0 Å². The summed E-state index contributed by atoms with van der Waals surface area (Å²) >= 11 is 0. The molecule has 0 radical (unpaired) electrons. The summed E-state index contributed by atoms with van der Waals surface area (Å²) < 4.78 is 37.3. The van der Waals surface area contributed by atoms with E-state index in [0.29, 0.717) is 24.5 Å². The zero-order valence-electron chi connectivity index (χ0n) is 14.2. The van der Waals surface area contributed by atoms with Crippen LogP contribution < -0.4 is 4.72 Å². The number of aryl methyl sites for hydroxylation is 1. The van der Waals surface area contributed by atoms with E-state index in [1.807, 2.05) is 13.8 Å². The molecule has 2 aromatic carbocycles. The van der Waals surface area contributed by atoms with Crippen LogP contribution in [0.5, 0.6) is 0 Å². The summed E-state index contributed by atoms with van der Waals surface area (Å²) in [5, 5.41) is 0. The number of carbonyl (C=O) groups excluding carboxylic acids is 1. The van der Waals surface area contributed by atoms with E-state index >= 15 is 0 Å². The third kappa shape index (κ3) is 5.58. The SMILES string of the molecule is CCOCCOC(=O)c1ccc(NS(=O)(=O)c2ccc(C)cc2)cc1. The Hall–Kier alpha value is -2.38. The molecule has 25 heavy (non-hydrogen) atoms. The molecule has 0 saturated heterocycles. The van der Waals surface area contributed by atoms with Crippen molar-refractivity contribution in [2.45, 2.75) is 18.7 Å². The van der Waals surface area contributed by atoms with Crippen molar-refractivity contribution in [2.24, 2.45) is 0 Å². The minimum Gasteiger partial charge on any atom is -0.460 e. The molecule has 1 N–H and O–H groups in total. The Morgan fingerprint density at radius 3 is 2.24 bits per heavy atom. The number of rotatable bonds is 8. The molecule has 0 fully saturated rings. The largest absolute Gasteiger partial charge is 0.460 e. The second-order valence-electron chi connectivity index (χ2n) is 5.33. The van der Waals surface area contributed by atoms with Gasteiger partial charge in [0.25, 0.3) is 10.0 Å². The molecule has 6 nitrogen and oxygen atoms in total. The number of ether oxygens (including phenoxy) is 2. The molecule has 0 spiro atoms. The van der Waals surface area contributed by atoms with E-state index in [2.05, 4.69) is 4.72 Å². The minimum absolute atomic E-state index is 0.175. The Labute approximate surface area is 147 Å². The molecule has 0 saturated carbocycles. The number of benzene rings is 2. The predicted molar refractivity (Wildman–Crippen MR) is 95.2 cm³/mol. The van der Waals surface area contributed by atoms with Crippen molar-refractivity contribution in [2.75, 3.05) is 24.5 Å². The lowest BCUT2D eigenvalue weighted by Gasteiger charge is -2.09. The van der Waals surface area contributed by atoms with Gasteiger partial charge in [0.1, 0.15) is 6.61 Å². The Kier molecular flexibility index (Phi) is 6.55. The molecule has 0 atom stereocenters. The van der Waals surface area contributed by atoms with Gasteiger partial charge in [-0.3, -0.25) is 4.72 Å². The molecule has 0 bridgehead atoms. The Bertz CT molecular complexity index is 798. The number of sulfonamides is 1. The lowest BCUT2D eigenvalue weighted by atomic mass is 10.2. The van der Waals surface area contributed by atoms with Crippen molar-refractivity contribution < 1.29 is 22.7 Å². The molecular formula is C18H21NO5S. The molecule has 0 aromatic heterocycles. The average Bonchev–Trinajstić information content (AvgIpc) is 2.59. The number of esters is 1. The van der Waals surface area contributed by atoms with Gasteiger partial charge in [-0.05, 0) is 50.2 Å². The van der Waals surface area contributed by atoms with Gasteiger partial charge in [0.2, 0.25) is 0 Å². The van der Waals surface area contributed by atoms with Gasteiger partial charge in [-0.2, -0.15) is 0 Å². The molecule has 0 unspecified atom stereocenters. The van der Waals surface area contributed by atoms with Crippen LogP contribution in [0.2, 0.25) is 0 Å². The first-order chi connectivity index (χ1) is 11.9. The fraction of sp³-hybridized carbons (Fsp3) is 0.278. The summed E-state index contributed by atoms with van der Waals surface area (Å²) in [6.45, 7) is 4.83. The molecule has 0 heterocycles. The maximum Gasteiger partial charge on any atom is 0.338 e. The van der Waals surface area contributed by atoms with E-state index in [1.165, 1.54) is 24.3 Å². The van der Waals surface area contributed by atoms with Gasteiger partial charge in [-0.1, -0.05) is 17.7 Å². The first-order valence-electron chi connectivity index (χ1n) is 7.87. The van der Waals surface area contributed by atoms with E-state index in [4.69, 9.17) is 9.47 Å². The van der Waals surface area contributed by atoms with Crippen LogP contribution in [-0.2, 0) is 19.5 Å². The van der Waals surface area contributed by atoms with E-state index in [9.17, 15) is 13.2 Å². The number of hydrogen-bond donors (Lipinski definition) is 1. The zero-order chi connectivity index (χ0) is 18.3. The number of nitrogens with one attached hydrogen (secondary N) is 1. The van der Waals surface area contributed by atoms with Gasteiger partial charge in [0.05, 0.1) is 17.1 Å². The maximum absolute atomic E-state index is 12.3. The lowest BCUT2D eigenvalue weighted by molar-refractivity contribution is 0.0335. The van der Waals surface area contributed by atoms with Crippen LogP contribution in [0.15, 0.2) is 53.4 Å². The summed E-state index contributed by atoms with van der Waals surface area (Å²) in [7, 11) is -3.67. The third-order valence-electron chi connectivity index (χ3n) is 3.37. The van der Waals surface area contributed by atoms with Gasteiger partial charge in [0.15, 0.2) is 0 Å². The van der Waals surface area contributed by atoms with E-state index in [-0.39, 0.29) is 11.5 Å². The summed E-state index contributed by atoms with van der Waals surface area (Å²) in [6.07, 6.45) is 0. The normalized spacial score (nSPS) is 11.1. The van der Waals surface area contributed by atoms with Crippen LogP contribution in [0, 0.1) is 6.92 Å². The van der Waals surface area contributed by atoms with Gasteiger partial charge < -0.3 is 9.47 Å². The summed E-state index contributed by atoms with van der Waals surface area (Å²) in [6, 6.07) is 12.6. The Morgan fingerprint density at radius 2 is 1.64 bits per heavy atom. The molecule has 7 heteroatoms. The van der Waals surface area contributed by atoms with Crippen LogP contribution in [0.3, 0.4) is 0 Å². The molecule has 2 rings (SSSR count). The van der Waals surface area contributed by atoms with Crippen molar-refractivity contribution in [3.05, 3.63) is 59.7 Å². The third-order valence-corrected chi connectivity index (χ3v) is 4.77. The average molecular weight is 363 g/mol. The highest BCUT2D eigenvalue weighted by Gasteiger charge is 2.14. The highest BCUT2D eigenvalue weighted by Crippen LogP contribution is 2.17. The first-order valence-corrected chi connectivity index (χ1v) is 9.35. The fourth-order valence-corrected chi connectivity index (χ4v) is 3.09. The van der Waals surface area contributed by atoms with Gasteiger partial charge >= 0.3 is 5.97 Å². The van der Waals surface area contributed by atoms with Crippen LogP contribution in [0.1, 0.15) is 22.8 Å². The van der Waals surface area contributed by atoms with Gasteiger partial charge in [-0.15, -0.1) is 0 Å². The Morgan fingerprint density at radius 1 is 1.00 bits per heavy atom. The van der Waals surface area contributed by atoms with Crippen LogP contribution >= 0.6 is 0 Å². The monoisotopic (exact) mass is 363 g/mol. The smallest absolute Gasteiger partial charge is 0.338 e. The van der Waals surface area contributed by atoms with Crippen molar-refractivity contribution >= 4 is 21.7 Å². The molecule has 0 aliphatic rings. The van der Waals surface area contributed by atoms with E-state index < -0.39 is 16.0 Å². The quantitative estimate of drug-likeness (QED) is 0.576. The first kappa shape index (κ1) is 19.0. The second-order valence-corrected chi connectivity index (χ2v) is 7.01. The Balaban J connectivity index is 2.00. The van der Waals surface area contributed by atoms with E-state index in [1.54, 1.807) is 24.3 Å². The minimum atomic E-state index is -3.67. The van der Waals surface area contributed by atoms with Gasteiger partial charge in [0, 0.05) is 12.3 Å². The lowest BCUT2D eigenvalue weighted by Crippen LogP contribution is -2.13. The summed E-state index contributed by atoms with van der Waals surface area (Å²) in [4.78, 5) is 12.0. The fourth-order valence-electron chi connectivity index (χ4n) is 2.03. The van der Waals surface area contributed by atoms with Crippen molar-refractivity contribution in [1.29, 1.82) is 0 Å². The number of carbonyl (C=O) groups is 1. The van der Waals surface area contributed by atoms with Crippen molar-refractivity contribution in [3.63, 3.8) is 0 Å². The zero-order valence-corrected chi connectivity index (χ0v) is 15.0. The highest BCUT2D eigenvalue weighted by molar-refractivity contribution is 7.92. The molecule has 2 aromatic rings. The predicted octanol–water partition coefficient (Wildman–Crippen LogP) is 2.99. The van der Waals surface area contributed by atoms with E-state index in [0.717, 1.165) is 5.56 Å². The van der Waals surface area contributed by atoms with Crippen molar-refractivity contribution in [1.82, 2.24) is 0 Å². The van der Waals surface area contributed by atoms with Crippen LogP contribution in [-0.4, -0.2) is 34.2 Å². The summed E-state index contributed by atoms with van der Waals surface area (Å²) in [5.74, 6) is -0.479. The molecule has 0 aliphatic carbocycles. The number of hydrogen-bond acceptors (Lipinski definition) is 5. The van der Waals surface area contributed by atoms with Gasteiger partial charge in [-0.25, -0.2) is 13.2 Å². The van der Waals surface area contributed by atoms with Crippen LogP contribution in [0.4, 0.5) is 5.69 Å². The topological polar surface area (TPSA) is 81.7 Å². The summed E-state index contributed by atoms with van der Waals surface area (Å²) in [5.41, 5.74) is 1.69. The number of anilines is 1. The maximum atomic E-state index is 12.3. The molecule has 134 valence electrons.